The van der Waals surface area contributed by atoms with Crippen LogP contribution in [-0.2, 0) is 0 Å². The second-order valence-electron chi connectivity index (χ2n) is 8.30. The molecule has 1 aliphatic heterocycles. The Morgan fingerprint density at radius 3 is 2.21 bits per heavy atom. The maximum atomic E-state index is 14.8. The second-order valence-corrected chi connectivity index (χ2v) is 8.30. The van der Waals surface area contributed by atoms with E-state index in [1.54, 1.807) is 0 Å². The number of halogens is 2. The van der Waals surface area contributed by atoms with Gasteiger partial charge in [0.1, 0.15) is 5.69 Å². The van der Waals surface area contributed by atoms with Gasteiger partial charge in [0.25, 0.3) is 5.69 Å². The number of piperazine rings is 1. The first-order chi connectivity index (χ1) is 16.0. The largest absolute Gasteiger partial charge is 0.367 e. The molecule has 0 unspecified atom stereocenters. The first-order valence-electron chi connectivity index (χ1n) is 11.6. The SMILES string of the molecule is CCCCCCCCN1CCN(c2ccc(N=Nc3ccc([N+](=O)[O-])cc3)c(F)c2F)CC1. The number of nitro groups is 1. The van der Waals surface area contributed by atoms with Crippen LogP contribution in [0.15, 0.2) is 46.6 Å². The van der Waals surface area contributed by atoms with E-state index in [0.717, 1.165) is 19.6 Å². The zero-order chi connectivity index (χ0) is 23.6. The molecule has 0 spiro atoms. The van der Waals surface area contributed by atoms with Gasteiger partial charge < -0.3 is 4.90 Å². The van der Waals surface area contributed by atoms with Crippen LogP contribution < -0.4 is 4.90 Å². The normalized spacial score (nSPS) is 14.8. The minimum absolute atomic E-state index is 0.0809. The molecule has 3 rings (SSSR count). The van der Waals surface area contributed by atoms with Crippen LogP contribution in [0, 0.1) is 21.7 Å². The molecule has 1 fully saturated rings. The van der Waals surface area contributed by atoms with Crippen molar-refractivity contribution < 1.29 is 13.7 Å². The Bertz CT molecular complexity index is 945. The number of nitrogens with zero attached hydrogens (tertiary/aromatic N) is 5. The number of nitro benzene ring substituents is 1. The summed E-state index contributed by atoms with van der Waals surface area (Å²) in [5.41, 5.74) is 0.255. The monoisotopic (exact) mass is 459 g/mol. The fourth-order valence-corrected chi connectivity index (χ4v) is 3.93. The first kappa shape index (κ1) is 24.7. The summed E-state index contributed by atoms with van der Waals surface area (Å²) < 4.78 is 29.4. The summed E-state index contributed by atoms with van der Waals surface area (Å²) in [6.45, 7) is 6.23. The van der Waals surface area contributed by atoms with E-state index in [4.69, 9.17) is 0 Å². The van der Waals surface area contributed by atoms with Gasteiger partial charge in [-0.05, 0) is 37.2 Å². The molecule has 178 valence electrons. The van der Waals surface area contributed by atoms with E-state index in [0.29, 0.717) is 18.8 Å². The molecule has 9 heteroatoms. The molecule has 0 N–H and O–H groups in total. The number of non-ortho nitro benzene ring substituents is 1. The third-order valence-corrected chi connectivity index (χ3v) is 5.92. The molecule has 1 saturated heterocycles. The van der Waals surface area contributed by atoms with Crippen molar-refractivity contribution in [3.8, 4) is 0 Å². The average molecular weight is 460 g/mol. The average Bonchev–Trinajstić information content (AvgIpc) is 2.83. The van der Waals surface area contributed by atoms with Crippen molar-refractivity contribution >= 4 is 22.7 Å². The predicted molar refractivity (Wildman–Crippen MR) is 126 cm³/mol. The van der Waals surface area contributed by atoms with Crippen LogP contribution in [0.3, 0.4) is 0 Å². The summed E-state index contributed by atoms with van der Waals surface area (Å²) >= 11 is 0. The van der Waals surface area contributed by atoms with Gasteiger partial charge in [0.05, 0.1) is 16.3 Å². The predicted octanol–water partition coefficient (Wildman–Crippen LogP) is 6.77. The molecule has 0 saturated carbocycles. The van der Waals surface area contributed by atoms with E-state index in [9.17, 15) is 18.9 Å². The lowest BCUT2D eigenvalue weighted by atomic mass is 10.1. The molecule has 0 aromatic heterocycles. The molecular formula is C24H31F2N5O2. The van der Waals surface area contributed by atoms with Crippen molar-refractivity contribution in [3.05, 3.63) is 58.1 Å². The maximum absolute atomic E-state index is 14.8. The van der Waals surface area contributed by atoms with Crippen molar-refractivity contribution in [2.75, 3.05) is 37.6 Å². The topological polar surface area (TPSA) is 74.3 Å². The Morgan fingerprint density at radius 2 is 1.55 bits per heavy atom. The van der Waals surface area contributed by atoms with Crippen molar-refractivity contribution in [2.24, 2.45) is 10.2 Å². The summed E-state index contributed by atoms with van der Waals surface area (Å²) in [4.78, 5) is 14.4. The smallest absolute Gasteiger partial charge is 0.269 e. The van der Waals surface area contributed by atoms with E-state index in [1.165, 1.54) is 74.9 Å². The molecule has 0 bridgehead atoms. The van der Waals surface area contributed by atoms with Crippen LogP contribution in [0.1, 0.15) is 45.4 Å². The van der Waals surface area contributed by atoms with Crippen molar-refractivity contribution in [1.82, 2.24) is 4.90 Å². The highest BCUT2D eigenvalue weighted by atomic mass is 19.2. The lowest BCUT2D eigenvalue weighted by Gasteiger charge is -2.36. The first-order valence-corrected chi connectivity index (χ1v) is 11.6. The standard InChI is InChI=1S/C24H31F2N5O2/c1-2-3-4-5-6-7-14-29-15-17-30(18-16-29)22-13-12-21(23(25)24(22)26)28-27-19-8-10-20(11-9-19)31(32)33/h8-13H,2-7,14-18H2,1H3. The molecule has 7 nitrogen and oxygen atoms in total. The summed E-state index contributed by atoms with van der Waals surface area (Å²) in [6, 6.07) is 8.29. The van der Waals surface area contributed by atoms with Crippen molar-refractivity contribution in [1.29, 1.82) is 0 Å². The van der Waals surface area contributed by atoms with Crippen LogP contribution >= 0.6 is 0 Å². The van der Waals surface area contributed by atoms with Gasteiger partial charge in [0, 0.05) is 38.3 Å². The van der Waals surface area contributed by atoms with Gasteiger partial charge in [-0.2, -0.15) is 5.11 Å². The van der Waals surface area contributed by atoms with Crippen LogP contribution in [0.25, 0.3) is 0 Å². The van der Waals surface area contributed by atoms with E-state index in [1.807, 2.05) is 4.90 Å². The molecule has 0 amide bonds. The highest BCUT2D eigenvalue weighted by Gasteiger charge is 2.22. The van der Waals surface area contributed by atoms with Gasteiger partial charge in [-0.25, -0.2) is 8.78 Å². The Kier molecular flexibility index (Phi) is 9.24. The summed E-state index contributed by atoms with van der Waals surface area (Å²) in [7, 11) is 0. The number of anilines is 1. The van der Waals surface area contributed by atoms with Gasteiger partial charge in [-0.1, -0.05) is 39.0 Å². The van der Waals surface area contributed by atoms with Crippen LogP contribution in [0.5, 0.6) is 0 Å². The maximum Gasteiger partial charge on any atom is 0.269 e. The number of unbranched alkanes of at least 4 members (excludes halogenated alkanes) is 5. The lowest BCUT2D eigenvalue weighted by Crippen LogP contribution is -2.47. The minimum atomic E-state index is -1.05. The second kappa shape index (κ2) is 12.3. The molecular weight excluding hydrogens is 428 g/mol. The molecule has 2 aromatic carbocycles. The van der Waals surface area contributed by atoms with Crippen molar-refractivity contribution in [3.63, 3.8) is 0 Å². The zero-order valence-corrected chi connectivity index (χ0v) is 19.1. The number of hydrogen-bond donors (Lipinski definition) is 0. The number of azo groups is 1. The third kappa shape index (κ3) is 7.02. The molecule has 0 radical (unpaired) electrons. The van der Waals surface area contributed by atoms with E-state index in [-0.39, 0.29) is 17.1 Å². The fourth-order valence-electron chi connectivity index (χ4n) is 3.93. The van der Waals surface area contributed by atoms with Crippen molar-refractivity contribution in [2.45, 2.75) is 45.4 Å². The highest BCUT2D eigenvalue weighted by molar-refractivity contribution is 5.56. The number of hydrogen-bond acceptors (Lipinski definition) is 6. The fraction of sp³-hybridized carbons (Fsp3) is 0.500. The quantitative estimate of drug-likeness (QED) is 0.161. The molecule has 33 heavy (non-hydrogen) atoms. The van der Waals surface area contributed by atoms with Crippen LogP contribution in [0.4, 0.5) is 31.5 Å². The molecule has 1 heterocycles. The van der Waals surface area contributed by atoms with Gasteiger partial charge in [0.15, 0.2) is 11.6 Å². The Morgan fingerprint density at radius 1 is 0.879 bits per heavy atom. The molecule has 1 aliphatic rings. The van der Waals surface area contributed by atoms with E-state index < -0.39 is 16.6 Å². The van der Waals surface area contributed by atoms with Gasteiger partial charge >= 0.3 is 0 Å². The van der Waals surface area contributed by atoms with Gasteiger partial charge in [-0.3, -0.25) is 15.0 Å². The van der Waals surface area contributed by atoms with Gasteiger partial charge in [0.2, 0.25) is 0 Å². The molecule has 2 aromatic rings. The van der Waals surface area contributed by atoms with Crippen LogP contribution in [0.2, 0.25) is 0 Å². The Hall–Kier alpha value is -2.94. The van der Waals surface area contributed by atoms with E-state index >= 15 is 0 Å². The Labute approximate surface area is 193 Å². The number of rotatable bonds is 11. The molecule has 0 aliphatic carbocycles. The van der Waals surface area contributed by atoms with Crippen LogP contribution in [-0.4, -0.2) is 42.5 Å². The highest BCUT2D eigenvalue weighted by Crippen LogP contribution is 2.31. The number of benzene rings is 2. The Balaban J connectivity index is 1.53. The third-order valence-electron chi connectivity index (χ3n) is 5.92. The summed E-state index contributed by atoms with van der Waals surface area (Å²) in [5.74, 6) is -1.98. The van der Waals surface area contributed by atoms with Gasteiger partial charge in [-0.15, -0.1) is 5.11 Å². The summed E-state index contributed by atoms with van der Waals surface area (Å²) in [6.07, 6.45) is 7.57. The minimum Gasteiger partial charge on any atom is -0.367 e. The summed E-state index contributed by atoms with van der Waals surface area (Å²) in [5, 5.41) is 18.3. The van der Waals surface area contributed by atoms with E-state index in [2.05, 4.69) is 22.1 Å². The molecule has 0 atom stereocenters. The lowest BCUT2D eigenvalue weighted by molar-refractivity contribution is -0.384. The zero-order valence-electron chi connectivity index (χ0n) is 19.1.